The maximum absolute atomic E-state index is 11.4. The van der Waals surface area contributed by atoms with Crippen LogP contribution in [0.4, 0.5) is 0 Å². The Hall–Kier alpha value is -2.33. The summed E-state index contributed by atoms with van der Waals surface area (Å²) in [5.74, 6) is -0.394. The predicted octanol–water partition coefficient (Wildman–Crippen LogP) is 3.63. The number of rotatable bonds is 3. The standard InChI is InChI=1S/C22H25N3O/c1-2-22-11-5-12-24-13-10-17-16-6-3-4-7-18(16)25(20(17)21(22)24)15(14-22)8-9-19(23)26/h3-4,6-9,14,21H,2,5,10-13H2,1H3,(H2,23,26)/b9-8+/t21?,22-/m0/s1. The molecule has 0 aliphatic carbocycles. The third-order valence-electron chi connectivity index (χ3n) is 6.70. The molecule has 0 bridgehead atoms. The first-order valence-electron chi connectivity index (χ1n) is 9.71. The van der Waals surface area contributed by atoms with Crippen molar-refractivity contribution in [2.24, 2.45) is 11.1 Å². The molecule has 1 saturated heterocycles. The summed E-state index contributed by atoms with van der Waals surface area (Å²) in [5, 5.41) is 1.36. The number of benzene rings is 1. The van der Waals surface area contributed by atoms with Crippen LogP contribution in [-0.2, 0) is 11.2 Å². The highest BCUT2D eigenvalue weighted by atomic mass is 16.1. The molecule has 3 aliphatic heterocycles. The molecule has 1 aromatic heterocycles. The van der Waals surface area contributed by atoms with E-state index >= 15 is 0 Å². The molecular formula is C22H25N3O. The summed E-state index contributed by atoms with van der Waals surface area (Å²) in [6.45, 7) is 4.64. The minimum Gasteiger partial charge on any atom is -0.366 e. The van der Waals surface area contributed by atoms with Crippen molar-refractivity contribution >= 4 is 22.5 Å². The second-order valence-corrected chi connectivity index (χ2v) is 7.90. The van der Waals surface area contributed by atoms with Crippen molar-refractivity contribution in [1.82, 2.24) is 9.47 Å². The molecule has 1 unspecified atom stereocenters. The maximum Gasteiger partial charge on any atom is 0.241 e. The number of hydrogen-bond donors (Lipinski definition) is 1. The topological polar surface area (TPSA) is 51.3 Å². The van der Waals surface area contributed by atoms with E-state index in [0.29, 0.717) is 6.04 Å². The Morgan fingerprint density at radius 3 is 3.00 bits per heavy atom. The van der Waals surface area contributed by atoms with E-state index in [2.05, 4.69) is 46.7 Å². The molecular weight excluding hydrogens is 322 g/mol. The van der Waals surface area contributed by atoms with Crippen LogP contribution in [0.3, 0.4) is 0 Å². The highest BCUT2D eigenvalue weighted by molar-refractivity contribution is 5.93. The summed E-state index contributed by atoms with van der Waals surface area (Å²) in [4.78, 5) is 14.1. The van der Waals surface area contributed by atoms with E-state index in [1.807, 2.05) is 6.08 Å². The molecule has 4 nitrogen and oxygen atoms in total. The Kier molecular flexibility index (Phi) is 3.41. The SMILES string of the molecule is CC[C@@]12C=C(/C=C/C(N)=O)n3c4c(c5ccccc53)CCN(CCC1)C42. The van der Waals surface area contributed by atoms with Crippen molar-refractivity contribution in [3.63, 3.8) is 0 Å². The Morgan fingerprint density at radius 2 is 2.19 bits per heavy atom. The Bertz CT molecular complexity index is 967. The molecule has 2 N–H and O–H groups in total. The lowest BCUT2D eigenvalue weighted by molar-refractivity contribution is -0.113. The smallest absolute Gasteiger partial charge is 0.241 e. The number of hydrogen-bond acceptors (Lipinski definition) is 2. The van der Waals surface area contributed by atoms with Gasteiger partial charge in [-0.05, 0) is 49.9 Å². The summed E-state index contributed by atoms with van der Waals surface area (Å²) >= 11 is 0. The number of amides is 1. The van der Waals surface area contributed by atoms with E-state index in [0.717, 1.165) is 25.1 Å². The number of carbonyl (C=O) groups excluding carboxylic acids is 1. The summed E-state index contributed by atoms with van der Waals surface area (Å²) < 4.78 is 2.39. The van der Waals surface area contributed by atoms with Gasteiger partial charge in [0, 0.05) is 34.8 Å². The normalized spacial score (nSPS) is 27.6. The van der Waals surface area contributed by atoms with Gasteiger partial charge in [0.05, 0.1) is 11.6 Å². The molecule has 134 valence electrons. The number of carbonyl (C=O) groups is 1. The number of nitrogens with two attached hydrogens (primary N) is 1. The van der Waals surface area contributed by atoms with Crippen molar-refractivity contribution in [3.05, 3.63) is 53.8 Å². The van der Waals surface area contributed by atoms with Crippen molar-refractivity contribution in [1.29, 1.82) is 0 Å². The number of fused-ring (bicyclic) bond motifs is 3. The van der Waals surface area contributed by atoms with E-state index in [1.54, 1.807) is 0 Å². The van der Waals surface area contributed by atoms with E-state index in [4.69, 9.17) is 5.73 Å². The Morgan fingerprint density at radius 1 is 1.35 bits per heavy atom. The van der Waals surface area contributed by atoms with Gasteiger partial charge in [0.15, 0.2) is 0 Å². The average molecular weight is 347 g/mol. The van der Waals surface area contributed by atoms with Gasteiger partial charge in [-0.15, -0.1) is 0 Å². The van der Waals surface area contributed by atoms with Gasteiger partial charge in [-0.3, -0.25) is 9.69 Å². The van der Waals surface area contributed by atoms with E-state index in [-0.39, 0.29) is 5.41 Å². The first-order chi connectivity index (χ1) is 12.6. The van der Waals surface area contributed by atoms with Crippen molar-refractivity contribution in [3.8, 4) is 0 Å². The summed E-state index contributed by atoms with van der Waals surface area (Å²) in [5.41, 5.74) is 10.9. The molecule has 26 heavy (non-hydrogen) atoms. The number of allylic oxidation sites excluding steroid dienone is 2. The van der Waals surface area contributed by atoms with Crippen molar-refractivity contribution in [2.75, 3.05) is 13.1 Å². The zero-order chi connectivity index (χ0) is 17.9. The van der Waals surface area contributed by atoms with Gasteiger partial charge < -0.3 is 10.3 Å². The van der Waals surface area contributed by atoms with Gasteiger partial charge in [-0.1, -0.05) is 31.2 Å². The minimum absolute atomic E-state index is 0.148. The van der Waals surface area contributed by atoms with Crippen LogP contribution in [0.5, 0.6) is 0 Å². The van der Waals surface area contributed by atoms with Crippen LogP contribution < -0.4 is 5.73 Å². The number of nitrogens with zero attached hydrogens (tertiary/aromatic N) is 2. The summed E-state index contributed by atoms with van der Waals surface area (Å²) in [6.07, 6.45) is 10.5. The zero-order valence-corrected chi connectivity index (χ0v) is 15.2. The van der Waals surface area contributed by atoms with Crippen LogP contribution >= 0.6 is 0 Å². The number of para-hydroxylation sites is 1. The molecule has 1 amide bonds. The molecule has 0 radical (unpaired) electrons. The monoisotopic (exact) mass is 347 g/mol. The van der Waals surface area contributed by atoms with Crippen molar-refractivity contribution < 1.29 is 4.79 Å². The fraction of sp³-hybridized carbons (Fsp3) is 0.409. The van der Waals surface area contributed by atoms with Crippen LogP contribution in [0, 0.1) is 5.41 Å². The fourth-order valence-corrected chi connectivity index (χ4v) is 5.61. The number of aromatic nitrogens is 1. The number of primary amides is 1. The summed E-state index contributed by atoms with van der Waals surface area (Å²) in [6, 6.07) is 9.13. The van der Waals surface area contributed by atoms with Crippen LogP contribution in [0.2, 0.25) is 0 Å². The van der Waals surface area contributed by atoms with Crippen LogP contribution in [0.1, 0.15) is 43.5 Å². The molecule has 0 saturated carbocycles. The molecule has 1 fully saturated rings. The first kappa shape index (κ1) is 15.9. The van der Waals surface area contributed by atoms with E-state index < -0.39 is 5.91 Å². The van der Waals surface area contributed by atoms with Gasteiger partial charge in [0.1, 0.15) is 0 Å². The van der Waals surface area contributed by atoms with Crippen LogP contribution in [-0.4, -0.2) is 28.5 Å². The van der Waals surface area contributed by atoms with Crippen LogP contribution in [0.15, 0.2) is 42.5 Å². The lowest BCUT2D eigenvalue weighted by Crippen LogP contribution is -2.50. The minimum atomic E-state index is -0.394. The number of piperidine rings is 1. The Balaban J connectivity index is 1.85. The second kappa shape index (κ2) is 5.58. The van der Waals surface area contributed by atoms with Crippen molar-refractivity contribution in [2.45, 2.75) is 38.6 Å². The zero-order valence-electron chi connectivity index (χ0n) is 15.2. The highest BCUT2D eigenvalue weighted by Gasteiger charge is 2.49. The van der Waals surface area contributed by atoms with E-state index in [9.17, 15) is 4.79 Å². The Labute approximate surface area is 154 Å². The molecule has 0 spiro atoms. The maximum atomic E-state index is 11.4. The van der Waals surface area contributed by atoms with Gasteiger partial charge in [0.2, 0.25) is 5.91 Å². The molecule has 3 aliphatic rings. The van der Waals surface area contributed by atoms with E-state index in [1.165, 1.54) is 47.6 Å². The molecule has 4 heterocycles. The predicted molar refractivity (Wildman–Crippen MR) is 105 cm³/mol. The van der Waals surface area contributed by atoms with Gasteiger partial charge in [-0.2, -0.15) is 0 Å². The third kappa shape index (κ3) is 2.02. The second-order valence-electron chi connectivity index (χ2n) is 7.90. The average Bonchev–Trinajstić information content (AvgIpc) is 3.00. The largest absolute Gasteiger partial charge is 0.366 e. The van der Waals surface area contributed by atoms with Gasteiger partial charge in [-0.25, -0.2) is 0 Å². The summed E-state index contributed by atoms with van der Waals surface area (Å²) in [7, 11) is 0. The van der Waals surface area contributed by atoms with Crippen LogP contribution in [0.25, 0.3) is 16.6 Å². The van der Waals surface area contributed by atoms with Gasteiger partial charge in [0.25, 0.3) is 0 Å². The lowest BCUT2D eigenvalue weighted by Gasteiger charge is -2.53. The quantitative estimate of drug-likeness (QED) is 0.862. The fourth-order valence-electron chi connectivity index (χ4n) is 5.61. The lowest BCUT2D eigenvalue weighted by atomic mass is 9.66. The third-order valence-corrected chi connectivity index (χ3v) is 6.70. The first-order valence-corrected chi connectivity index (χ1v) is 9.71. The molecule has 1 aromatic carbocycles. The molecule has 4 heteroatoms. The molecule has 2 atom stereocenters. The highest BCUT2D eigenvalue weighted by Crippen LogP contribution is 2.57. The molecule has 5 rings (SSSR count). The van der Waals surface area contributed by atoms with Gasteiger partial charge >= 0.3 is 0 Å². The molecule has 2 aromatic rings.